The first-order chi connectivity index (χ1) is 4.63. The lowest BCUT2D eigenvalue weighted by Gasteiger charge is -2.03. The molecule has 58 valence electrons. The summed E-state index contributed by atoms with van der Waals surface area (Å²) in [6.07, 6.45) is 0.445. The molecule has 3 heteroatoms. The van der Waals surface area contributed by atoms with Crippen LogP contribution in [-0.4, -0.2) is 12.4 Å². The molecule has 0 radical (unpaired) electrons. The number of carbonyl (C=O) groups excluding carboxylic acids is 1. The van der Waals surface area contributed by atoms with E-state index in [1.807, 2.05) is 0 Å². The van der Waals surface area contributed by atoms with Gasteiger partial charge >= 0.3 is 0 Å². The molecular formula is C7H13NO2. The third-order valence-corrected chi connectivity index (χ3v) is 0.803. The molecule has 3 nitrogen and oxygen atoms in total. The third-order valence-electron chi connectivity index (χ3n) is 0.803. The van der Waals surface area contributed by atoms with Gasteiger partial charge in [-0.25, -0.2) is 0 Å². The predicted octanol–water partition coefficient (Wildman–Crippen LogP) is 1.02. The summed E-state index contributed by atoms with van der Waals surface area (Å²) in [4.78, 5) is 15.2. The molecule has 0 saturated carbocycles. The van der Waals surface area contributed by atoms with Crippen LogP contribution in [0.2, 0.25) is 0 Å². The molecule has 0 fully saturated rings. The highest BCUT2D eigenvalue weighted by Crippen LogP contribution is 1.83. The average molecular weight is 143 g/mol. The zero-order valence-electron chi connectivity index (χ0n) is 6.44. The molecule has 0 aromatic carbocycles. The van der Waals surface area contributed by atoms with Crippen molar-refractivity contribution in [1.29, 1.82) is 0 Å². The SMILES string of the molecule is C=C(C)NOCCC(C)=O. The first-order valence-corrected chi connectivity index (χ1v) is 3.15. The molecule has 0 aliphatic carbocycles. The normalized spacial score (nSPS) is 9.00. The molecule has 0 spiro atoms. The Morgan fingerprint density at radius 3 is 2.60 bits per heavy atom. The number of hydroxylamine groups is 1. The van der Waals surface area contributed by atoms with E-state index >= 15 is 0 Å². The van der Waals surface area contributed by atoms with Crippen LogP contribution >= 0.6 is 0 Å². The summed E-state index contributed by atoms with van der Waals surface area (Å²) >= 11 is 0. The van der Waals surface area contributed by atoms with Gasteiger partial charge in [0.15, 0.2) is 0 Å². The Hall–Kier alpha value is -0.830. The van der Waals surface area contributed by atoms with E-state index in [9.17, 15) is 4.79 Å². The first-order valence-electron chi connectivity index (χ1n) is 3.15. The number of hydrogen-bond donors (Lipinski definition) is 1. The molecule has 0 aromatic rings. The minimum Gasteiger partial charge on any atom is -0.300 e. The molecular weight excluding hydrogens is 130 g/mol. The second kappa shape index (κ2) is 4.99. The van der Waals surface area contributed by atoms with Crippen molar-refractivity contribution in [2.45, 2.75) is 20.3 Å². The fourth-order valence-corrected chi connectivity index (χ4v) is 0.369. The number of carbonyl (C=O) groups is 1. The largest absolute Gasteiger partial charge is 0.300 e. The molecule has 1 N–H and O–H groups in total. The fraction of sp³-hybridized carbons (Fsp3) is 0.571. The van der Waals surface area contributed by atoms with Crippen molar-refractivity contribution in [3.63, 3.8) is 0 Å². The molecule has 0 atom stereocenters. The third kappa shape index (κ3) is 7.17. The standard InChI is InChI=1S/C7H13NO2/c1-6(2)8-10-5-4-7(3)9/h8H,1,4-5H2,2-3H3. The van der Waals surface area contributed by atoms with Crippen molar-refractivity contribution in [3.05, 3.63) is 12.3 Å². The maximum atomic E-state index is 10.4. The van der Waals surface area contributed by atoms with Crippen LogP contribution in [0.4, 0.5) is 0 Å². The van der Waals surface area contributed by atoms with Gasteiger partial charge in [0.2, 0.25) is 0 Å². The van der Waals surface area contributed by atoms with Crippen LogP contribution in [0.5, 0.6) is 0 Å². The lowest BCUT2D eigenvalue weighted by atomic mass is 10.3. The van der Waals surface area contributed by atoms with Crippen LogP contribution in [-0.2, 0) is 9.63 Å². The number of allylic oxidation sites excluding steroid dienone is 1. The molecule has 0 rings (SSSR count). The molecule has 0 aliphatic rings. The van der Waals surface area contributed by atoms with E-state index in [1.54, 1.807) is 6.92 Å². The minimum atomic E-state index is 0.128. The Bertz CT molecular complexity index is 116. The van der Waals surface area contributed by atoms with Crippen molar-refractivity contribution in [3.8, 4) is 0 Å². The fourth-order valence-electron chi connectivity index (χ4n) is 0.369. The molecule has 0 bridgehead atoms. The predicted molar refractivity (Wildman–Crippen MR) is 39.2 cm³/mol. The molecule has 0 saturated heterocycles. The smallest absolute Gasteiger partial charge is 0.132 e. The number of nitrogens with one attached hydrogen (secondary N) is 1. The topological polar surface area (TPSA) is 38.3 Å². The summed E-state index contributed by atoms with van der Waals surface area (Å²) < 4.78 is 0. The van der Waals surface area contributed by atoms with Crippen LogP contribution in [0, 0.1) is 0 Å². The summed E-state index contributed by atoms with van der Waals surface area (Å²) in [6, 6.07) is 0. The highest BCUT2D eigenvalue weighted by molar-refractivity contribution is 5.75. The van der Waals surface area contributed by atoms with Gasteiger partial charge in [0, 0.05) is 12.1 Å². The van der Waals surface area contributed by atoms with Gasteiger partial charge in [-0.15, -0.1) is 0 Å². The van der Waals surface area contributed by atoms with Crippen LogP contribution in [0.1, 0.15) is 20.3 Å². The Morgan fingerprint density at radius 2 is 2.20 bits per heavy atom. The maximum Gasteiger partial charge on any atom is 0.132 e. The van der Waals surface area contributed by atoms with Crippen molar-refractivity contribution >= 4 is 5.78 Å². The minimum absolute atomic E-state index is 0.128. The average Bonchev–Trinajstić information content (AvgIpc) is 1.79. The molecule has 0 unspecified atom stereocenters. The van der Waals surface area contributed by atoms with E-state index in [0.717, 1.165) is 5.70 Å². The lowest BCUT2D eigenvalue weighted by Crippen LogP contribution is -2.13. The summed E-state index contributed by atoms with van der Waals surface area (Å²) in [6.45, 7) is 7.27. The van der Waals surface area contributed by atoms with Crippen molar-refractivity contribution < 1.29 is 9.63 Å². The van der Waals surface area contributed by atoms with E-state index in [4.69, 9.17) is 4.84 Å². The van der Waals surface area contributed by atoms with E-state index in [1.165, 1.54) is 6.92 Å². The van der Waals surface area contributed by atoms with Gasteiger partial charge in [-0.3, -0.25) is 15.1 Å². The Kier molecular flexibility index (Phi) is 4.58. The summed E-state index contributed by atoms with van der Waals surface area (Å²) in [5.74, 6) is 0.128. The van der Waals surface area contributed by atoms with Crippen LogP contribution in [0.25, 0.3) is 0 Å². The van der Waals surface area contributed by atoms with Crippen molar-refractivity contribution in [1.82, 2.24) is 5.48 Å². The quantitative estimate of drug-likeness (QED) is 0.461. The Balaban J connectivity index is 3.06. The van der Waals surface area contributed by atoms with E-state index in [-0.39, 0.29) is 5.78 Å². The second-order valence-electron chi connectivity index (χ2n) is 2.18. The first kappa shape index (κ1) is 9.17. The van der Waals surface area contributed by atoms with Gasteiger partial charge in [-0.05, 0) is 13.8 Å². The van der Waals surface area contributed by atoms with Gasteiger partial charge in [0.05, 0.1) is 6.61 Å². The zero-order chi connectivity index (χ0) is 7.98. The number of hydrogen-bond acceptors (Lipinski definition) is 3. The van der Waals surface area contributed by atoms with Gasteiger partial charge in [-0.1, -0.05) is 6.58 Å². The van der Waals surface area contributed by atoms with Crippen LogP contribution < -0.4 is 5.48 Å². The monoisotopic (exact) mass is 143 g/mol. The highest BCUT2D eigenvalue weighted by Gasteiger charge is 1.91. The molecule has 10 heavy (non-hydrogen) atoms. The highest BCUT2D eigenvalue weighted by atomic mass is 16.6. The molecule has 0 amide bonds. The summed E-state index contributed by atoms with van der Waals surface area (Å²) in [7, 11) is 0. The molecule has 0 heterocycles. The van der Waals surface area contributed by atoms with E-state index in [2.05, 4.69) is 12.1 Å². The molecule has 0 aromatic heterocycles. The van der Waals surface area contributed by atoms with Crippen molar-refractivity contribution in [2.75, 3.05) is 6.61 Å². The van der Waals surface area contributed by atoms with Gasteiger partial charge in [0.25, 0.3) is 0 Å². The second-order valence-corrected chi connectivity index (χ2v) is 2.18. The number of rotatable bonds is 5. The van der Waals surface area contributed by atoms with E-state index in [0.29, 0.717) is 13.0 Å². The van der Waals surface area contributed by atoms with Gasteiger partial charge < -0.3 is 0 Å². The van der Waals surface area contributed by atoms with Gasteiger partial charge in [-0.2, -0.15) is 0 Å². The maximum absolute atomic E-state index is 10.4. The number of ketones is 1. The van der Waals surface area contributed by atoms with Crippen LogP contribution in [0.3, 0.4) is 0 Å². The summed E-state index contributed by atoms with van der Waals surface area (Å²) in [5, 5.41) is 0. The Morgan fingerprint density at radius 1 is 1.60 bits per heavy atom. The zero-order valence-corrected chi connectivity index (χ0v) is 6.44. The van der Waals surface area contributed by atoms with Crippen LogP contribution in [0.15, 0.2) is 12.3 Å². The van der Waals surface area contributed by atoms with E-state index < -0.39 is 0 Å². The summed E-state index contributed by atoms with van der Waals surface area (Å²) in [5.41, 5.74) is 3.29. The lowest BCUT2D eigenvalue weighted by molar-refractivity contribution is -0.118. The van der Waals surface area contributed by atoms with Crippen molar-refractivity contribution in [2.24, 2.45) is 0 Å². The number of Topliss-reactive ketones (excluding diaryl/α,β-unsaturated/α-hetero) is 1. The van der Waals surface area contributed by atoms with Gasteiger partial charge in [0.1, 0.15) is 5.78 Å². The molecule has 0 aliphatic heterocycles. The Labute approximate surface area is 61.0 Å².